The average molecular weight is 330 g/mol. The van der Waals surface area contributed by atoms with Gasteiger partial charge in [-0.25, -0.2) is 0 Å². The van der Waals surface area contributed by atoms with Gasteiger partial charge >= 0.3 is 0 Å². The van der Waals surface area contributed by atoms with Crippen molar-refractivity contribution in [2.45, 2.75) is 0 Å². The van der Waals surface area contributed by atoms with Crippen LogP contribution in [0.3, 0.4) is 0 Å². The van der Waals surface area contributed by atoms with E-state index < -0.39 is 0 Å². The van der Waals surface area contributed by atoms with Gasteiger partial charge in [0.25, 0.3) is 0 Å². The van der Waals surface area contributed by atoms with Crippen molar-refractivity contribution in [1.29, 1.82) is 0 Å². The lowest BCUT2D eigenvalue weighted by Gasteiger charge is -2.18. The normalized spacial score (nSPS) is 12.0. The summed E-state index contributed by atoms with van der Waals surface area (Å²) in [5.41, 5.74) is 0.787. The molecule has 0 saturated heterocycles. The van der Waals surface area contributed by atoms with Crippen molar-refractivity contribution in [2.24, 2.45) is 0 Å². The van der Waals surface area contributed by atoms with Gasteiger partial charge in [0.1, 0.15) is 0 Å². The Morgan fingerprint density at radius 1 is 0.462 bits per heavy atom. The predicted molar refractivity (Wildman–Crippen MR) is 111 cm³/mol. The van der Waals surface area contributed by atoms with Crippen molar-refractivity contribution in [3.63, 3.8) is 0 Å². The van der Waals surface area contributed by atoms with Crippen LogP contribution < -0.4 is 0 Å². The summed E-state index contributed by atoms with van der Waals surface area (Å²) in [5.74, 6) is 0. The van der Waals surface area contributed by atoms with Gasteiger partial charge in [0.05, 0.1) is 0 Å². The van der Waals surface area contributed by atoms with Gasteiger partial charge in [0.15, 0.2) is 6.29 Å². The molecule has 0 saturated carbocycles. The molecular formula is C25H14O. The summed E-state index contributed by atoms with van der Waals surface area (Å²) in [6.45, 7) is 0. The summed E-state index contributed by atoms with van der Waals surface area (Å²) < 4.78 is 0. The first kappa shape index (κ1) is 13.8. The van der Waals surface area contributed by atoms with Crippen LogP contribution in [0.4, 0.5) is 0 Å². The van der Waals surface area contributed by atoms with Gasteiger partial charge < -0.3 is 0 Å². The summed E-state index contributed by atoms with van der Waals surface area (Å²) in [6, 6.07) is 27.6. The molecule has 0 radical (unpaired) electrons. The third-order valence-corrected chi connectivity index (χ3v) is 5.68. The van der Waals surface area contributed by atoms with E-state index in [9.17, 15) is 4.79 Å². The second-order valence-electron chi connectivity index (χ2n) is 6.89. The maximum atomic E-state index is 12.0. The van der Waals surface area contributed by atoms with Crippen molar-refractivity contribution in [3.8, 4) is 0 Å². The molecule has 26 heavy (non-hydrogen) atoms. The number of benzene rings is 6. The van der Waals surface area contributed by atoms with Crippen LogP contribution in [0.15, 0.2) is 78.9 Å². The molecule has 0 aromatic heterocycles. The highest BCUT2D eigenvalue weighted by Gasteiger charge is 2.18. The minimum absolute atomic E-state index is 0.787. The second kappa shape index (κ2) is 4.80. The topological polar surface area (TPSA) is 17.1 Å². The molecule has 120 valence electrons. The van der Waals surface area contributed by atoms with E-state index in [1.54, 1.807) is 0 Å². The molecule has 0 fully saturated rings. The maximum absolute atomic E-state index is 12.0. The SMILES string of the molecule is O=Cc1c2ccccc2c2c3ccccc3c3cccc4ccc1c2c43. The Balaban J connectivity index is 2.16. The number of aldehydes is 1. The van der Waals surface area contributed by atoms with Crippen LogP contribution in [0.1, 0.15) is 10.4 Å². The fraction of sp³-hybridized carbons (Fsp3) is 0. The molecule has 6 aromatic rings. The van der Waals surface area contributed by atoms with E-state index in [1.807, 2.05) is 6.07 Å². The number of hydrogen-bond acceptors (Lipinski definition) is 1. The molecule has 0 unspecified atom stereocenters. The van der Waals surface area contributed by atoms with Crippen molar-refractivity contribution in [3.05, 3.63) is 84.4 Å². The minimum atomic E-state index is 0.787. The molecule has 0 N–H and O–H groups in total. The zero-order valence-corrected chi connectivity index (χ0v) is 14.0. The monoisotopic (exact) mass is 330 g/mol. The predicted octanol–water partition coefficient (Wildman–Crippen LogP) is 6.70. The zero-order valence-electron chi connectivity index (χ0n) is 14.0. The fourth-order valence-corrected chi connectivity index (χ4v) is 4.65. The van der Waals surface area contributed by atoms with Gasteiger partial charge in [0, 0.05) is 5.56 Å². The van der Waals surface area contributed by atoms with E-state index in [4.69, 9.17) is 0 Å². The first-order valence-corrected chi connectivity index (χ1v) is 8.83. The number of carbonyl (C=O) groups excluding carboxylic acids is 1. The molecule has 0 aliphatic heterocycles. The smallest absolute Gasteiger partial charge is 0.151 e. The lowest BCUT2D eigenvalue weighted by molar-refractivity contribution is 0.112. The summed E-state index contributed by atoms with van der Waals surface area (Å²) in [4.78, 5) is 12.0. The van der Waals surface area contributed by atoms with Crippen molar-refractivity contribution < 1.29 is 4.79 Å². The summed E-state index contributed by atoms with van der Waals surface area (Å²) in [5, 5.41) is 11.9. The molecule has 6 rings (SSSR count). The summed E-state index contributed by atoms with van der Waals surface area (Å²) >= 11 is 0. The standard InChI is InChI=1S/C25H14O/c26-14-22-17-8-2-4-10-20(17)24-19-9-3-1-7-16(19)18-11-5-6-15-12-13-21(22)25(24)23(15)18/h1-14H. The first-order chi connectivity index (χ1) is 12.9. The third kappa shape index (κ3) is 1.53. The first-order valence-electron chi connectivity index (χ1n) is 8.83. The number of rotatable bonds is 1. The number of hydrogen-bond donors (Lipinski definition) is 0. The molecule has 0 spiro atoms. The lowest BCUT2D eigenvalue weighted by atomic mass is 9.85. The Kier molecular flexibility index (Phi) is 2.55. The van der Waals surface area contributed by atoms with Crippen LogP contribution in [0.2, 0.25) is 0 Å². The van der Waals surface area contributed by atoms with E-state index in [0.29, 0.717) is 0 Å². The van der Waals surface area contributed by atoms with E-state index in [-0.39, 0.29) is 0 Å². The van der Waals surface area contributed by atoms with Crippen molar-refractivity contribution >= 4 is 60.1 Å². The highest BCUT2D eigenvalue weighted by atomic mass is 16.1. The molecular weight excluding hydrogens is 316 g/mol. The van der Waals surface area contributed by atoms with E-state index in [2.05, 4.69) is 72.8 Å². The Morgan fingerprint density at radius 2 is 1.08 bits per heavy atom. The molecule has 0 bridgehead atoms. The molecule has 0 heterocycles. The van der Waals surface area contributed by atoms with E-state index >= 15 is 0 Å². The minimum Gasteiger partial charge on any atom is -0.298 e. The van der Waals surface area contributed by atoms with Crippen LogP contribution in [0.5, 0.6) is 0 Å². The van der Waals surface area contributed by atoms with Crippen molar-refractivity contribution in [1.82, 2.24) is 0 Å². The Morgan fingerprint density at radius 3 is 1.85 bits per heavy atom. The second-order valence-corrected chi connectivity index (χ2v) is 6.89. The van der Waals surface area contributed by atoms with E-state index in [0.717, 1.165) is 28.0 Å². The Hall–Kier alpha value is -3.45. The molecule has 0 amide bonds. The fourth-order valence-electron chi connectivity index (χ4n) is 4.65. The average Bonchev–Trinajstić information content (AvgIpc) is 2.71. The van der Waals surface area contributed by atoms with Crippen molar-refractivity contribution in [2.75, 3.05) is 0 Å². The van der Waals surface area contributed by atoms with Crippen LogP contribution in [0.25, 0.3) is 53.9 Å². The third-order valence-electron chi connectivity index (χ3n) is 5.68. The number of fused-ring (bicyclic) bond motifs is 5. The van der Waals surface area contributed by atoms with Gasteiger partial charge in [-0.2, -0.15) is 0 Å². The number of carbonyl (C=O) groups is 1. The summed E-state index contributed by atoms with van der Waals surface area (Å²) in [6.07, 6.45) is 1.01. The molecule has 0 atom stereocenters. The molecule has 1 nitrogen and oxygen atoms in total. The summed E-state index contributed by atoms with van der Waals surface area (Å²) in [7, 11) is 0. The molecule has 0 aliphatic rings. The molecule has 1 heteroatoms. The Labute approximate surface area is 149 Å². The van der Waals surface area contributed by atoms with Gasteiger partial charge in [-0.1, -0.05) is 78.9 Å². The largest absolute Gasteiger partial charge is 0.298 e. The van der Waals surface area contributed by atoms with Crippen LogP contribution in [0, 0.1) is 0 Å². The van der Waals surface area contributed by atoms with Crippen LogP contribution in [-0.4, -0.2) is 6.29 Å². The Bertz CT molecular complexity index is 1490. The van der Waals surface area contributed by atoms with Crippen LogP contribution in [-0.2, 0) is 0 Å². The molecule has 6 aromatic carbocycles. The highest BCUT2D eigenvalue weighted by molar-refractivity contribution is 6.40. The van der Waals surface area contributed by atoms with Gasteiger partial charge in [0.2, 0.25) is 0 Å². The van der Waals surface area contributed by atoms with E-state index in [1.165, 1.54) is 37.7 Å². The lowest BCUT2D eigenvalue weighted by Crippen LogP contribution is -1.93. The van der Waals surface area contributed by atoms with Crippen LogP contribution >= 0.6 is 0 Å². The van der Waals surface area contributed by atoms with Gasteiger partial charge in [-0.3, -0.25) is 4.79 Å². The maximum Gasteiger partial charge on any atom is 0.151 e. The van der Waals surface area contributed by atoms with Gasteiger partial charge in [-0.05, 0) is 53.9 Å². The quantitative estimate of drug-likeness (QED) is 0.186. The highest BCUT2D eigenvalue weighted by Crippen LogP contribution is 2.44. The molecule has 0 aliphatic carbocycles. The van der Waals surface area contributed by atoms with Gasteiger partial charge in [-0.15, -0.1) is 0 Å². The zero-order chi connectivity index (χ0) is 17.3.